The predicted molar refractivity (Wildman–Crippen MR) is 72.4 cm³/mol. The molecule has 0 radical (unpaired) electrons. The van der Waals surface area contributed by atoms with Crippen molar-refractivity contribution in [2.75, 3.05) is 6.61 Å². The maximum atomic E-state index is 13.8. The van der Waals surface area contributed by atoms with Crippen LogP contribution in [0.2, 0.25) is 0 Å². The molecule has 2 heterocycles. The van der Waals surface area contributed by atoms with E-state index < -0.39 is 36.1 Å². The Morgan fingerprint density at radius 2 is 1.78 bits per heavy atom. The van der Waals surface area contributed by atoms with Gasteiger partial charge in [-0.3, -0.25) is 4.98 Å². The van der Waals surface area contributed by atoms with E-state index in [4.69, 9.17) is 4.74 Å². The minimum Gasteiger partial charge on any atom is -0.366 e. The maximum Gasteiger partial charge on any atom is 0.271 e. The summed E-state index contributed by atoms with van der Waals surface area (Å²) in [5, 5.41) is 0. The summed E-state index contributed by atoms with van der Waals surface area (Å²) in [6.07, 6.45) is 0.455. The Hall–Kier alpha value is -2.02. The summed E-state index contributed by atoms with van der Waals surface area (Å²) >= 11 is 0. The molecule has 0 spiro atoms. The molecule has 0 saturated carbocycles. The lowest BCUT2D eigenvalue weighted by molar-refractivity contribution is -0.146. The second-order valence-electron chi connectivity index (χ2n) is 5.41. The number of hydrogen-bond acceptors (Lipinski definition) is 2. The number of benzene rings is 1. The predicted octanol–water partition coefficient (Wildman–Crippen LogP) is 4.65. The van der Waals surface area contributed by atoms with Gasteiger partial charge >= 0.3 is 0 Å². The Morgan fingerprint density at radius 1 is 1.04 bits per heavy atom. The molecular weight excluding hydrogens is 317 g/mol. The molecular formula is C16H12F5NO. The van der Waals surface area contributed by atoms with Crippen LogP contribution in [-0.4, -0.2) is 17.5 Å². The van der Waals surface area contributed by atoms with Crippen LogP contribution in [0.15, 0.2) is 30.5 Å². The fraction of sp³-hybridized carbons (Fsp3) is 0.312. The van der Waals surface area contributed by atoms with E-state index in [-0.39, 0.29) is 24.0 Å². The summed E-state index contributed by atoms with van der Waals surface area (Å²) in [5.74, 6) is -6.23. The van der Waals surface area contributed by atoms with Crippen LogP contribution in [0.4, 0.5) is 22.0 Å². The lowest BCUT2D eigenvalue weighted by Crippen LogP contribution is -2.31. The van der Waals surface area contributed by atoms with Gasteiger partial charge in [0.15, 0.2) is 11.6 Å². The van der Waals surface area contributed by atoms with Crippen molar-refractivity contribution in [3.63, 3.8) is 0 Å². The van der Waals surface area contributed by atoms with Crippen LogP contribution in [0.25, 0.3) is 11.1 Å². The first-order chi connectivity index (χ1) is 10.9. The lowest BCUT2D eigenvalue weighted by atomic mass is 10.00. The van der Waals surface area contributed by atoms with Crippen molar-refractivity contribution in [2.45, 2.75) is 24.9 Å². The van der Waals surface area contributed by atoms with E-state index in [0.29, 0.717) is 11.8 Å². The van der Waals surface area contributed by atoms with Crippen molar-refractivity contribution in [3.8, 4) is 11.1 Å². The second kappa shape index (κ2) is 5.88. The standard InChI is InChI=1S/C16H12F5NO/c17-11-7-13(19)12(18)6-10(11)9-2-4-22-14(5-9)15-1-3-16(20,21)8-23-15/h2,4-7,15H,1,3,8H2. The van der Waals surface area contributed by atoms with Gasteiger partial charge in [0, 0.05) is 24.2 Å². The molecule has 1 aliphatic rings. The van der Waals surface area contributed by atoms with E-state index in [1.54, 1.807) is 0 Å². The molecule has 0 aliphatic carbocycles. The van der Waals surface area contributed by atoms with Crippen molar-refractivity contribution in [1.82, 2.24) is 4.98 Å². The third-order valence-corrected chi connectivity index (χ3v) is 3.70. The van der Waals surface area contributed by atoms with Crippen molar-refractivity contribution in [3.05, 3.63) is 53.6 Å². The van der Waals surface area contributed by atoms with Crippen LogP contribution in [0.3, 0.4) is 0 Å². The highest BCUT2D eigenvalue weighted by atomic mass is 19.3. The monoisotopic (exact) mass is 329 g/mol. The zero-order valence-corrected chi connectivity index (χ0v) is 11.8. The molecule has 1 aromatic heterocycles. The summed E-state index contributed by atoms with van der Waals surface area (Å²) in [5.41, 5.74) is 0.489. The topological polar surface area (TPSA) is 22.1 Å². The normalized spacial score (nSPS) is 20.5. The molecule has 1 aromatic carbocycles. The zero-order chi connectivity index (χ0) is 16.6. The van der Waals surface area contributed by atoms with Crippen LogP contribution in [-0.2, 0) is 4.74 Å². The SMILES string of the molecule is Fc1cc(F)c(-c2ccnc(C3CCC(F)(F)CO3)c2)cc1F. The molecule has 7 heteroatoms. The van der Waals surface area contributed by atoms with Crippen LogP contribution in [0, 0.1) is 17.5 Å². The fourth-order valence-corrected chi connectivity index (χ4v) is 2.49. The molecule has 1 saturated heterocycles. The first-order valence-electron chi connectivity index (χ1n) is 6.96. The van der Waals surface area contributed by atoms with Crippen molar-refractivity contribution < 1.29 is 26.7 Å². The van der Waals surface area contributed by atoms with Gasteiger partial charge in [-0.2, -0.15) is 0 Å². The average Bonchev–Trinajstić information content (AvgIpc) is 2.51. The van der Waals surface area contributed by atoms with Crippen molar-refractivity contribution in [1.29, 1.82) is 0 Å². The molecule has 1 fully saturated rings. The Morgan fingerprint density at radius 3 is 2.48 bits per heavy atom. The van der Waals surface area contributed by atoms with E-state index in [0.717, 1.165) is 6.07 Å². The number of aromatic nitrogens is 1. The average molecular weight is 329 g/mol. The number of halogens is 5. The highest BCUT2D eigenvalue weighted by molar-refractivity contribution is 5.64. The van der Waals surface area contributed by atoms with Crippen molar-refractivity contribution >= 4 is 0 Å². The number of pyridine rings is 1. The Bertz CT molecular complexity index is 724. The van der Waals surface area contributed by atoms with Crippen LogP contribution >= 0.6 is 0 Å². The quantitative estimate of drug-likeness (QED) is 0.591. The molecule has 2 nitrogen and oxygen atoms in total. The van der Waals surface area contributed by atoms with E-state index in [1.165, 1.54) is 18.3 Å². The van der Waals surface area contributed by atoms with Gasteiger partial charge in [0.2, 0.25) is 0 Å². The number of ether oxygens (including phenoxy) is 1. The Labute approximate surface area is 128 Å². The molecule has 23 heavy (non-hydrogen) atoms. The van der Waals surface area contributed by atoms with Gasteiger partial charge in [0.1, 0.15) is 12.4 Å². The van der Waals surface area contributed by atoms with Crippen LogP contribution < -0.4 is 0 Å². The third kappa shape index (κ3) is 3.34. The number of nitrogens with zero attached hydrogens (tertiary/aromatic N) is 1. The molecule has 3 rings (SSSR count). The summed E-state index contributed by atoms with van der Waals surface area (Å²) in [4.78, 5) is 4.05. The Kier molecular flexibility index (Phi) is 4.06. The molecule has 1 atom stereocenters. The lowest BCUT2D eigenvalue weighted by Gasteiger charge is -2.28. The summed E-state index contributed by atoms with van der Waals surface area (Å²) in [7, 11) is 0. The number of rotatable bonds is 2. The first kappa shape index (κ1) is 15.9. The Balaban J connectivity index is 1.90. The van der Waals surface area contributed by atoms with E-state index in [9.17, 15) is 22.0 Å². The van der Waals surface area contributed by atoms with Gasteiger partial charge in [-0.1, -0.05) is 0 Å². The molecule has 2 aromatic rings. The number of alkyl halides is 2. The summed E-state index contributed by atoms with van der Waals surface area (Å²) < 4.78 is 71.5. The maximum absolute atomic E-state index is 13.8. The molecule has 0 amide bonds. The molecule has 0 bridgehead atoms. The highest BCUT2D eigenvalue weighted by Gasteiger charge is 2.36. The minimum atomic E-state index is -2.86. The molecule has 1 unspecified atom stereocenters. The smallest absolute Gasteiger partial charge is 0.271 e. The van der Waals surface area contributed by atoms with Gasteiger partial charge in [0.25, 0.3) is 5.92 Å². The first-order valence-corrected chi connectivity index (χ1v) is 6.96. The van der Waals surface area contributed by atoms with Gasteiger partial charge in [-0.15, -0.1) is 0 Å². The zero-order valence-electron chi connectivity index (χ0n) is 11.8. The van der Waals surface area contributed by atoms with Gasteiger partial charge in [-0.05, 0) is 30.2 Å². The third-order valence-electron chi connectivity index (χ3n) is 3.70. The molecule has 1 aliphatic heterocycles. The molecule has 122 valence electrons. The van der Waals surface area contributed by atoms with Crippen LogP contribution in [0.1, 0.15) is 24.6 Å². The van der Waals surface area contributed by atoms with Crippen LogP contribution in [0.5, 0.6) is 0 Å². The van der Waals surface area contributed by atoms with Gasteiger partial charge in [0.05, 0.1) is 11.8 Å². The fourth-order valence-electron chi connectivity index (χ4n) is 2.49. The largest absolute Gasteiger partial charge is 0.366 e. The van der Waals surface area contributed by atoms with Gasteiger partial charge in [-0.25, -0.2) is 22.0 Å². The second-order valence-corrected chi connectivity index (χ2v) is 5.41. The van der Waals surface area contributed by atoms with E-state index in [1.807, 2.05) is 0 Å². The molecule has 0 N–H and O–H groups in total. The van der Waals surface area contributed by atoms with E-state index in [2.05, 4.69) is 4.98 Å². The minimum absolute atomic E-state index is 0.0731. The number of hydrogen-bond donors (Lipinski definition) is 0. The van der Waals surface area contributed by atoms with E-state index >= 15 is 0 Å². The van der Waals surface area contributed by atoms with Crippen molar-refractivity contribution in [2.24, 2.45) is 0 Å². The summed E-state index contributed by atoms with van der Waals surface area (Å²) in [6, 6.07) is 4.07. The van der Waals surface area contributed by atoms with Gasteiger partial charge < -0.3 is 4.74 Å². The summed E-state index contributed by atoms with van der Waals surface area (Å²) in [6.45, 7) is -0.705. The highest BCUT2D eigenvalue weighted by Crippen LogP contribution is 2.36.